The molecule has 0 aromatic carbocycles. The average Bonchev–Trinajstić information content (AvgIpc) is 3.29. The number of hydrogen-bond acceptors (Lipinski definition) is 7. The van der Waals surface area contributed by atoms with Gasteiger partial charge in [0.2, 0.25) is 0 Å². The molecule has 0 aromatic rings. The first-order valence-corrected chi connectivity index (χ1v) is 10.2. The fourth-order valence-electron chi connectivity index (χ4n) is 4.67. The Bertz CT molecular complexity index is 900. The predicted molar refractivity (Wildman–Crippen MR) is 105 cm³/mol. The molecule has 8 heteroatoms. The maximum absolute atomic E-state index is 12.7. The van der Waals surface area contributed by atoms with Gasteiger partial charge in [-0.2, -0.15) is 0 Å². The van der Waals surface area contributed by atoms with Gasteiger partial charge in [0, 0.05) is 11.8 Å². The highest BCUT2D eigenvalue weighted by molar-refractivity contribution is 6.25. The normalized spacial score (nSPS) is 43.5. The summed E-state index contributed by atoms with van der Waals surface area (Å²) in [6.45, 7) is 9.34. The molecule has 1 amide bonds. The first kappa shape index (κ1) is 21.0. The number of allylic oxidation sites excluding steroid dienone is 3. The van der Waals surface area contributed by atoms with Crippen molar-refractivity contribution in [3.05, 3.63) is 35.1 Å². The quantitative estimate of drug-likeness (QED) is 0.234. The van der Waals surface area contributed by atoms with E-state index in [-0.39, 0.29) is 41.6 Å². The molecule has 4 rings (SSSR count). The van der Waals surface area contributed by atoms with Crippen molar-refractivity contribution in [1.82, 2.24) is 5.32 Å². The topological polar surface area (TPSA) is 114 Å². The van der Waals surface area contributed by atoms with Gasteiger partial charge in [0.25, 0.3) is 5.91 Å². The third-order valence-corrected chi connectivity index (χ3v) is 6.67. The number of aliphatic hydroxyl groups excluding tert-OH is 1. The second kappa shape index (κ2) is 6.87. The number of amides is 1. The second-order valence-corrected chi connectivity index (χ2v) is 8.90. The highest BCUT2D eigenvalue weighted by atomic mass is 16.8. The molecule has 4 saturated heterocycles. The number of ketones is 2. The van der Waals surface area contributed by atoms with E-state index in [1.807, 2.05) is 40.7 Å². The zero-order valence-electron chi connectivity index (χ0n) is 17.7. The van der Waals surface area contributed by atoms with Crippen LogP contribution in [0.2, 0.25) is 0 Å². The molecule has 4 fully saturated rings. The van der Waals surface area contributed by atoms with Gasteiger partial charge >= 0.3 is 0 Å². The third kappa shape index (κ3) is 3.05. The van der Waals surface area contributed by atoms with Gasteiger partial charge in [-0.3, -0.25) is 14.4 Å². The lowest BCUT2D eigenvalue weighted by Crippen LogP contribution is -2.66. The maximum atomic E-state index is 12.7. The average molecular weight is 417 g/mol. The van der Waals surface area contributed by atoms with E-state index in [2.05, 4.69) is 5.32 Å². The molecular weight excluding hydrogens is 390 g/mol. The number of rotatable bonds is 4. The predicted octanol–water partition coefficient (Wildman–Crippen LogP) is 1.51. The standard InChI is InChI=1S/C22H27NO7/c1-10(6-7-13(24)15-14(25)9-23-20(15)27)8-11(2)17-12(3)18-16(26)19-21(4,30-19)22(5,28-17)29-18/h6-8,11-12,17-19,24H,9H2,1-5H3,(H,23,27)/b7-6+,10-8+,15-13+/t11-,12-,17-,18+,19-,21+,22+/m1/s1. The van der Waals surface area contributed by atoms with Crippen molar-refractivity contribution in [3.63, 3.8) is 0 Å². The molecular formula is C22H27NO7. The lowest BCUT2D eigenvalue weighted by atomic mass is 9.78. The number of aliphatic hydroxyl groups is 1. The Balaban J connectivity index is 1.51. The summed E-state index contributed by atoms with van der Waals surface area (Å²) >= 11 is 0. The number of nitrogens with one attached hydrogen (secondary N) is 1. The van der Waals surface area contributed by atoms with Crippen LogP contribution in [0.25, 0.3) is 0 Å². The van der Waals surface area contributed by atoms with Crippen LogP contribution >= 0.6 is 0 Å². The Morgan fingerprint density at radius 2 is 1.90 bits per heavy atom. The fraction of sp³-hybridized carbons (Fsp3) is 0.591. The molecule has 0 aliphatic carbocycles. The van der Waals surface area contributed by atoms with Gasteiger partial charge in [-0.15, -0.1) is 0 Å². The molecule has 2 N–H and O–H groups in total. The van der Waals surface area contributed by atoms with Crippen molar-refractivity contribution < 1.29 is 33.7 Å². The molecule has 162 valence electrons. The number of epoxide rings is 1. The van der Waals surface area contributed by atoms with Crippen molar-refractivity contribution in [3.8, 4) is 0 Å². The number of hydrogen-bond donors (Lipinski definition) is 2. The monoisotopic (exact) mass is 417 g/mol. The van der Waals surface area contributed by atoms with Crippen molar-refractivity contribution >= 4 is 17.5 Å². The largest absolute Gasteiger partial charge is 0.507 e. The molecule has 0 saturated carbocycles. The highest BCUT2D eigenvalue weighted by Crippen LogP contribution is 2.57. The zero-order chi connectivity index (χ0) is 22.0. The van der Waals surface area contributed by atoms with Gasteiger partial charge in [-0.05, 0) is 26.8 Å². The molecule has 0 unspecified atom stereocenters. The van der Waals surface area contributed by atoms with Gasteiger partial charge in [0.1, 0.15) is 17.4 Å². The van der Waals surface area contributed by atoms with Crippen LogP contribution in [0.4, 0.5) is 0 Å². The number of carbonyl (C=O) groups excluding carboxylic acids is 3. The fourth-order valence-corrected chi connectivity index (χ4v) is 4.67. The van der Waals surface area contributed by atoms with Crippen LogP contribution in [-0.4, -0.2) is 58.8 Å². The molecule has 0 aromatic heterocycles. The molecule has 7 atom stereocenters. The van der Waals surface area contributed by atoms with Crippen LogP contribution in [0.1, 0.15) is 34.6 Å². The Hall–Kier alpha value is -2.29. The lowest BCUT2D eigenvalue weighted by molar-refractivity contribution is -0.350. The highest BCUT2D eigenvalue weighted by Gasteiger charge is 2.76. The molecule has 30 heavy (non-hydrogen) atoms. The van der Waals surface area contributed by atoms with E-state index in [4.69, 9.17) is 14.2 Å². The van der Waals surface area contributed by atoms with E-state index in [1.165, 1.54) is 6.08 Å². The van der Waals surface area contributed by atoms with Crippen molar-refractivity contribution in [1.29, 1.82) is 0 Å². The van der Waals surface area contributed by atoms with Crippen LogP contribution in [0.3, 0.4) is 0 Å². The molecule has 4 aliphatic rings. The third-order valence-electron chi connectivity index (χ3n) is 6.67. The minimum absolute atomic E-state index is 0.0281. The summed E-state index contributed by atoms with van der Waals surface area (Å²) in [5, 5.41) is 12.5. The van der Waals surface area contributed by atoms with Gasteiger partial charge in [-0.1, -0.05) is 31.6 Å². The summed E-state index contributed by atoms with van der Waals surface area (Å²) in [5.41, 5.74) is -0.167. The van der Waals surface area contributed by atoms with Crippen LogP contribution in [0, 0.1) is 11.8 Å². The Kier molecular flexibility index (Phi) is 4.80. The zero-order valence-corrected chi connectivity index (χ0v) is 17.7. The van der Waals surface area contributed by atoms with Crippen LogP contribution in [0.5, 0.6) is 0 Å². The molecule has 2 bridgehead atoms. The van der Waals surface area contributed by atoms with Gasteiger partial charge in [0.05, 0.1) is 12.6 Å². The van der Waals surface area contributed by atoms with Gasteiger partial charge in [-0.25, -0.2) is 0 Å². The van der Waals surface area contributed by atoms with E-state index >= 15 is 0 Å². The first-order valence-electron chi connectivity index (χ1n) is 10.2. The number of ether oxygens (including phenoxy) is 3. The van der Waals surface area contributed by atoms with Crippen molar-refractivity contribution in [2.45, 2.75) is 64.3 Å². The Morgan fingerprint density at radius 3 is 2.53 bits per heavy atom. The van der Waals surface area contributed by atoms with E-state index in [1.54, 1.807) is 6.08 Å². The van der Waals surface area contributed by atoms with E-state index in [0.717, 1.165) is 5.57 Å². The van der Waals surface area contributed by atoms with E-state index in [9.17, 15) is 19.5 Å². The lowest BCUT2D eigenvalue weighted by Gasteiger charge is -2.51. The smallest absolute Gasteiger partial charge is 0.259 e. The summed E-state index contributed by atoms with van der Waals surface area (Å²) in [6.07, 6.45) is 3.64. The van der Waals surface area contributed by atoms with E-state index < -0.39 is 35.3 Å². The Labute approximate surface area is 174 Å². The van der Waals surface area contributed by atoms with Crippen molar-refractivity contribution in [2.24, 2.45) is 11.8 Å². The summed E-state index contributed by atoms with van der Waals surface area (Å²) in [5.74, 6) is -2.59. The Morgan fingerprint density at radius 1 is 1.20 bits per heavy atom. The minimum atomic E-state index is -0.988. The summed E-state index contributed by atoms with van der Waals surface area (Å²) in [7, 11) is 0. The number of fused-ring (bicyclic) bond motifs is 4. The summed E-state index contributed by atoms with van der Waals surface area (Å²) in [4.78, 5) is 36.0. The van der Waals surface area contributed by atoms with Gasteiger partial charge in [0.15, 0.2) is 29.1 Å². The molecule has 8 nitrogen and oxygen atoms in total. The molecule has 0 spiro atoms. The summed E-state index contributed by atoms with van der Waals surface area (Å²) in [6, 6.07) is 0. The first-order chi connectivity index (χ1) is 14.0. The maximum Gasteiger partial charge on any atom is 0.259 e. The SMILES string of the molecule is CC(/C=C/C(O)=C1/C(=O)CNC1=O)=C\[C@@H](C)[C@H]1O[C@@]2(C)O[C@H](C(=O)[C@H]3O[C@@]32C)[C@@H]1C. The molecule has 4 aliphatic heterocycles. The molecule has 4 heterocycles. The number of carbonyl (C=O) groups is 3. The molecule has 0 radical (unpaired) electrons. The second-order valence-electron chi connectivity index (χ2n) is 8.90. The van der Waals surface area contributed by atoms with Crippen LogP contribution in [-0.2, 0) is 28.6 Å². The van der Waals surface area contributed by atoms with Crippen LogP contribution in [0.15, 0.2) is 35.1 Å². The van der Waals surface area contributed by atoms with Crippen LogP contribution < -0.4 is 5.32 Å². The minimum Gasteiger partial charge on any atom is -0.507 e. The van der Waals surface area contributed by atoms with E-state index in [0.29, 0.717) is 0 Å². The van der Waals surface area contributed by atoms with Gasteiger partial charge < -0.3 is 24.6 Å². The number of Topliss-reactive ketones (excluding diaryl/α,β-unsaturated/α-hetero) is 2. The van der Waals surface area contributed by atoms with Crippen molar-refractivity contribution in [2.75, 3.05) is 6.54 Å². The summed E-state index contributed by atoms with van der Waals surface area (Å²) < 4.78 is 18.0.